The Labute approximate surface area is 101 Å². The van der Waals surface area contributed by atoms with Crippen molar-refractivity contribution in [2.45, 2.75) is 44.1 Å². The highest BCUT2D eigenvalue weighted by molar-refractivity contribution is 6.30. The van der Waals surface area contributed by atoms with Crippen LogP contribution < -0.4 is 5.73 Å². The highest BCUT2D eigenvalue weighted by Crippen LogP contribution is 2.33. The number of benzene rings is 1. The normalized spacial score (nSPS) is 26.4. The van der Waals surface area contributed by atoms with Gasteiger partial charge in [0.25, 0.3) is 0 Å². The third-order valence-electron chi connectivity index (χ3n) is 3.37. The van der Waals surface area contributed by atoms with Gasteiger partial charge in [0, 0.05) is 11.1 Å². The minimum atomic E-state index is -0.188. The van der Waals surface area contributed by atoms with Crippen LogP contribution in [0.3, 0.4) is 0 Å². The fourth-order valence-electron chi connectivity index (χ4n) is 2.51. The van der Waals surface area contributed by atoms with E-state index in [4.69, 9.17) is 17.3 Å². The van der Waals surface area contributed by atoms with Crippen molar-refractivity contribution < 1.29 is 4.39 Å². The van der Waals surface area contributed by atoms with Gasteiger partial charge in [0.15, 0.2) is 0 Å². The molecule has 2 atom stereocenters. The fraction of sp³-hybridized carbons (Fsp3) is 0.538. The predicted octanol–water partition coefficient (Wildman–Crippen LogP) is 3.85. The molecule has 1 saturated carbocycles. The van der Waals surface area contributed by atoms with Crippen molar-refractivity contribution >= 4 is 11.6 Å². The number of rotatable bonds is 1. The molecule has 0 aromatic heterocycles. The van der Waals surface area contributed by atoms with E-state index in [1.807, 2.05) is 0 Å². The summed E-state index contributed by atoms with van der Waals surface area (Å²) in [6, 6.07) is 5.17. The van der Waals surface area contributed by atoms with Gasteiger partial charge in [-0.1, -0.05) is 30.5 Å². The highest BCUT2D eigenvalue weighted by Gasteiger charge is 2.21. The quantitative estimate of drug-likeness (QED) is 0.743. The second kappa shape index (κ2) is 5.15. The van der Waals surface area contributed by atoms with E-state index in [2.05, 4.69) is 0 Å². The summed E-state index contributed by atoms with van der Waals surface area (Å²) in [5.74, 6) is 0.0707. The van der Waals surface area contributed by atoms with Crippen molar-refractivity contribution in [1.29, 1.82) is 0 Å². The minimum absolute atomic E-state index is 0.188. The second-order valence-electron chi connectivity index (χ2n) is 4.64. The molecule has 0 spiro atoms. The zero-order valence-corrected chi connectivity index (χ0v) is 10.0. The van der Waals surface area contributed by atoms with E-state index in [1.165, 1.54) is 6.07 Å². The van der Waals surface area contributed by atoms with Crippen LogP contribution in [-0.4, -0.2) is 6.04 Å². The van der Waals surface area contributed by atoms with Gasteiger partial charge in [0.05, 0.1) is 0 Å². The Morgan fingerprint density at radius 3 is 2.75 bits per heavy atom. The van der Waals surface area contributed by atoms with Crippen LogP contribution in [0.1, 0.15) is 43.6 Å². The number of nitrogens with two attached hydrogens (primary N) is 1. The Balaban J connectivity index is 2.21. The molecule has 0 saturated heterocycles. The summed E-state index contributed by atoms with van der Waals surface area (Å²) in [5.41, 5.74) is 6.77. The van der Waals surface area contributed by atoms with Crippen molar-refractivity contribution in [3.05, 3.63) is 34.6 Å². The molecule has 88 valence electrons. The number of hydrogen-bond donors (Lipinski definition) is 1. The third-order valence-corrected chi connectivity index (χ3v) is 3.60. The van der Waals surface area contributed by atoms with Crippen LogP contribution in [0, 0.1) is 5.82 Å². The van der Waals surface area contributed by atoms with Crippen molar-refractivity contribution in [3.63, 3.8) is 0 Å². The van der Waals surface area contributed by atoms with Gasteiger partial charge >= 0.3 is 0 Å². The van der Waals surface area contributed by atoms with Crippen LogP contribution in [-0.2, 0) is 0 Å². The Morgan fingerprint density at radius 1 is 1.25 bits per heavy atom. The van der Waals surface area contributed by atoms with Gasteiger partial charge in [-0.3, -0.25) is 0 Å². The van der Waals surface area contributed by atoms with Crippen molar-refractivity contribution in [1.82, 2.24) is 0 Å². The molecule has 0 heterocycles. The maximum atomic E-state index is 13.8. The van der Waals surface area contributed by atoms with E-state index in [9.17, 15) is 4.39 Å². The molecule has 16 heavy (non-hydrogen) atoms. The molecule has 2 rings (SSSR count). The molecule has 1 aliphatic rings. The average Bonchev–Trinajstić information content (AvgIpc) is 2.43. The molecule has 1 aromatic carbocycles. The van der Waals surface area contributed by atoms with Gasteiger partial charge in [0.1, 0.15) is 5.82 Å². The molecule has 1 aliphatic carbocycles. The van der Waals surface area contributed by atoms with Crippen LogP contribution in [0.2, 0.25) is 5.02 Å². The van der Waals surface area contributed by atoms with E-state index in [0.29, 0.717) is 5.02 Å². The molecule has 2 unspecified atom stereocenters. The molecule has 2 N–H and O–H groups in total. The van der Waals surface area contributed by atoms with Crippen molar-refractivity contribution in [2.24, 2.45) is 5.73 Å². The second-order valence-corrected chi connectivity index (χ2v) is 5.08. The summed E-state index contributed by atoms with van der Waals surface area (Å²) in [6.07, 6.45) is 5.28. The van der Waals surface area contributed by atoms with E-state index in [1.54, 1.807) is 12.1 Å². The maximum absolute atomic E-state index is 13.8. The first-order chi connectivity index (χ1) is 7.66. The summed E-state index contributed by atoms with van der Waals surface area (Å²) < 4.78 is 13.8. The van der Waals surface area contributed by atoms with Crippen LogP contribution >= 0.6 is 11.6 Å². The largest absolute Gasteiger partial charge is 0.328 e. The van der Waals surface area contributed by atoms with E-state index in [-0.39, 0.29) is 17.8 Å². The molecule has 0 radical (unpaired) electrons. The maximum Gasteiger partial charge on any atom is 0.128 e. The lowest BCUT2D eigenvalue weighted by atomic mass is 9.90. The molecule has 0 amide bonds. The van der Waals surface area contributed by atoms with Gasteiger partial charge in [-0.25, -0.2) is 4.39 Å². The molecule has 3 heteroatoms. The standard InChI is InChI=1S/C13H17ClFN/c14-10-5-6-12(13(15)8-10)9-3-1-2-4-11(16)7-9/h5-6,8-9,11H,1-4,7,16H2. The van der Waals surface area contributed by atoms with Crippen LogP contribution in [0.5, 0.6) is 0 Å². The molecule has 1 fully saturated rings. The first-order valence-corrected chi connectivity index (χ1v) is 6.25. The fourth-order valence-corrected chi connectivity index (χ4v) is 2.67. The lowest BCUT2D eigenvalue weighted by Crippen LogP contribution is -2.21. The van der Waals surface area contributed by atoms with Gasteiger partial charge < -0.3 is 5.73 Å². The Bertz CT molecular complexity index is 367. The smallest absolute Gasteiger partial charge is 0.128 e. The van der Waals surface area contributed by atoms with Gasteiger partial charge in [-0.15, -0.1) is 0 Å². The molecular weight excluding hydrogens is 225 g/mol. The number of halogens is 2. The summed E-state index contributed by atoms with van der Waals surface area (Å²) in [6.45, 7) is 0. The molecule has 0 aliphatic heterocycles. The van der Waals surface area contributed by atoms with Gasteiger partial charge in [-0.2, -0.15) is 0 Å². The average molecular weight is 242 g/mol. The zero-order chi connectivity index (χ0) is 11.5. The zero-order valence-electron chi connectivity index (χ0n) is 9.26. The van der Waals surface area contributed by atoms with Crippen LogP contribution in [0.25, 0.3) is 0 Å². The SMILES string of the molecule is NC1CCCCC(c2ccc(Cl)cc2F)C1. The summed E-state index contributed by atoms with van der Waals surface area (Å²) in [4.78, 5) is 0. The van der Waals surface area contributed by atoms with Crippen molar-refractivity contribution in [2.75, 3.05) is 0 Å². The van der Waals surface area contributed by atoms with E-state index in [0.717, 1.165) is 37.7 Å². The van der Waals surface area contributed by atoms with E-state index >= 15 is 0 Å². The third kappa shape index (κ3) is 2.74. The monoisotopic (exact) mass is 241 g/mol. The van der Waals surface area contributed by atoms with Crippen molar-refractivity contribution in [3.8, 4) is 0 Å². The van der Waals surface area contributed by atoms with Gasteiger partial charge in [0.2, 0.25) is 0 Å². The lowest BCUT2D eigenvalue weighted by Gasteiger charge is -2.18. The Kier molecular flexibility index (Phi) is 3.82. The first kappa shape index (κ1) is 11.9. The molecule has 1 nitrogen and oxygen atoms in total. The molecular formula is C13H17ClFN. The first-order valence-electron chi connectivity index (χ1n) is 5.87. The minimum Gasteiger partial charge on any atom is -0.328 e. The topological polar surface area (TPSA) is 26.0 Å². The van der Waals surface area contributed by atoms with Gasteiger partial charge in [-0.05, 0) is 42.9 Å². The van der Waals surface area contributed by atoms with E-state index < -0.39 is 0 Å². The summed E-state index contributed by atoms with van der Waals surface area (Å²) in [7, 11) is 0. The number of hydrogen-bond acceptors (Lipinski definition) is 1. The predicted molar refractivity (Wildman–Crippen MR) is 65.2 cm³/mol. The molecule has 0 bridgehead atoms. The van der Waals surface area contributed by atoms with Crippen LogP contribution in [0.4, 0.5) is 4.39 Å². The highest BCUT2D eigenvalue weighted by atomic mass is 35.5. The lowest BCUT2D eigenvalue weighted by molar-refractivity contribution is 0.507. The Morgan fingerprint density at radius 2 is 2.00 bits per heavy atom. The Hall–Kier alpha value is -0.600. The molecule has 1 aromatic rings. The summed E-state index contributed by atoms with van der Waals surface area (Å²) in [5, 5.41) is 0.458. The van der Waals surface area contributed by atoms with Crippen LogP contribution in [0.15, 0.2) is 18.2 Å². The summed E-state index contributed by atoms with van der Waals surface area (Å²) >= 11 is 5.75.